The van der Waals surface area contributed by atoms with E-state index in [2.05, 4.69) is 0 Å². The summed E-state index contributed by atoms with van der Waals surface area (Å²) in [7, 11) is -2.27. The van der Waals surface area contributed by atoms with E-state index in [1.807, 2.05) is 24.4 Å². The summed E-state index contributed by atoms with van der Waals surface area (Å²) in [6.45, 7) is 1.94. The van der Waals surface area contributed by atoms with E-state index in [1.165, 1.54) is 52.6 Å². The number of halogens is 1. The van der Waals surface area contributed by atoms with Gasteiger partial charge in [-0.3, -0.25) is 4.79 Å². The Kier molecular flexibility index (Phi) is 7.02. The average molecular weight is 447 g/mol. The zero-order valence-corrected chi connectivity index (χ0v) is 18.4. The van der Waals surface area contributed by atoms with Crippen molar-refractivity contribution in [3.8, 4) is 0 Å². The molecule has 158 valence electrons. The second kappa shape index (κ2) is 9.51. The molecule has 0 fully saturated rings. The van der Waals surface area contributed by atoms with Gasteiger partial charge < -0.3 is 4.90 Å². The van der Waals surface area contributed by atoms with E-state index in [-0.39, 0.29) is 23.9 Å². The van der Waals surface area contributed by atoms with Gasteiger partial charge in [-0.1, -0.05) is 35.9 Å². The maximum Gasteiger partial charge on any atom is 0.243 e. The normalized spacial score (nSPS) is 11.6. The van der Waals surface area contributed by atoms with Crippen LogP contribution in [0.1, 0.15) is 16.0 Å². The molecule has 1 heterocycles. The van der Waals surface area contributed by atoms with Crippen molar-refractivity contribution in [2.24, 2.45) is 0 Å². The fraction of sp³-hybridized carbons (Fsp3) is 0.227. The quantitative estimate of drug-likeness (QED) is 0.525. The van der Waals surface area contributed by atoms with E-state index in [4.69, 9.17) is 0 Å². The third-order valence-electron chi connectivity index (χ3n) is 4.64. The van der Waals surface area contributed by atoms with Gasteiger partial charge in [-0.05, 0) is 48.2 Å². The first-order valence-electron chi connectivity index (χ1n) is 9.33. The number of nitrogens with zero attached hydrogens (tertiary/aromatic N) is 2. The molecule has 3 rings (SSSR count). The zero-order valence-electron chi connectivity index (χ0n) is 16.8. The third kappa shape index (κ3) is 5.53. The fourth-order valence-corrected chi connectivity index (χ4v) is 5.01. The van der Waals surface area contributed by atoms with Crippen molar-refractivity contribution >= 4 is 27.3 Å². The molecule has 30 heavy (non-hydrogen) atoms. The highest BCUT2D eigenvalue weighted by Gasteiger charge is 2.28. The SMILES string of the molecule is Cc1ccc(S(=O)(=O)N(CC(=O)N(C)Cc2cccs2)Cc2ccc(F)cc2)cc1. The van der Waals surface area contributed by atoms with E-state index in [1.54, 1.807) is 19.2 Å². The number of hydrogen-bond donors (Lipinski definition) is 0. The topological polar surface area (TPSA) is 57.7 Å². The zero-order chi connectivity index (χ0) is 21.7. The largest absolute Gasteiger partial charge is 0.339 e. The smallest absolute Gasteiger partial charge is 0.243 e. The van der Waals surface area contributed by atoms with Gasteiger partial charge in [-0.15, -0.1) is 11.3 Å². The van der Waals surface area contributed by atoms with Crippen LogP contribution in [-0.4, -0.2) is 37.1 Å². The Morgan fingerprint density at radius 2 is 1.67 bits per heavy atom. The van der Waals surface area contributed by atoms with Crippen LogP contribution in [0, 0.1) is 12.7 Å². The van der Waals surface area contributed by atoms with Crippen molar-refractivity contribution in [1.29, 1.82) is 0 Å². The fourth-order valence-electron chi connectivity index (χ4n) is 2.87. The molecule has 2 aromatic carbocycles. The summed E-state index contributed by atoms with van der Waals surface area (Å²) in [6.07, 6.45) is 0. The Morgan fingerprint density at radius 1 is 1.00 bits per heavy atom. The van der Waals surface area contributed by atoms with Crippen LogP contribution in [0.5, 0.6) is 0 Å². The summed E-state index contributed by atoms with van der Waals surface area (Å²) >= 11 is 1.53. The summed E-state index contributed by atoms with van der Waals surface area (Å²) in [6, 6.07) is 15.9. The molecule has 0 N–H and O–H groups in total. The lowest BCUT2D eigenvalue weighted by atomic mass is 10.2. The molecule has 0 atom stereocenters. The Morgan fingerprint density at radius 3 is 2.27 bits per heavy atom. The molecule has 0 saturated carbocycles. The van der Waals surface area contributed by atoms with Gasteiger partial charge in [0, 0.05) is 18.5 Å². The Hall–Kier alpha value is -2.55. The van der Waals surface area contributed by atoms with Gasteiger partial charge >= 0.3 is 0 Å². The monoisotopic (exact) mass is 446 g/mol. The van der Waals surface area contributed by atoms with Crippen molar-refractivity contribution in [1.82, 2.24) is 9.21 Å². The lowest BCUT2D eigenvalue weighted by Gasteiger charge is -2.25. The van der Waals surface area contributed by atoms with E-state index in [0.717, 1.165) is 14.7 Å². The van der Waals surface area contributed by atoms with Crippen molar-refractivity contribution in [2.75, 3.05) is 13.6 Å². The minimum atomic E-state index is -3.92. The Bertz CT molecular complexity index is 1080. The molecule has 1 aromatic heterocycles. The van der Waals surface area contributed by atoms with Gasteiger partial charge in [-0.2, -0.15) is 4.31 Å². The molecule has 0 bridgehead atoms. The van der Waals surface area contributed by atoms with Crippen LogP contribution in [-0.2, 0) is 27.9 Å². The number of rotatable bonds is 8. The molecule has 1 amide bonds. The maximum absolute atomic E-state index is 13.3. The maximum atomic E-state index is 13.3. The first-order chi connectivity index (χ1) is 14.3. The molecule has 0 aliphatic rings. The Labute approximate surface area is 180 Å². The van der Waals surface area contributed by atoms with Crippen molar-refractivity contribution in [2.45, 2.75) is 24.9 Å². The van der Waals surface area contributed by atoms with Crippen LogP contribution in [0.15, 0.2) is 70.9 Å². The number of sulfonamides is 1. The van der Waals surface area contributed by atoms with Crippen LogP contribution in [0.25, 0.3) is 0 Å². The van der Waals surface area contributed by atoms with Crippen molar-refractivity contribution in [3.05, 3.63) is 87.9 Å². The predicted octanol–water partition coefficient (Wildman–Crippen LogP) is 4.05. The minimum Gasteiger partial charge on any atom is -0.339 e. The van der Waals surface area contributed by atoms with Gasteiger partial charge in [0.15, 0.2) is 0 Å². The number of carbonyl (C=O) groups is 1. The number of thiophene rings is 1. The third-order valence-corrected chi connectivity index (χ3v) is 7.31. The lowest BCUT2D eigenvalue weighted by Crippen LogP contribution is -2.40. The number of aryl methyl sites for hydroxylation is 1. The molecule has 5 nitrogen and oxygen atoms in total. The molecular weight excluding hydrogens is 423 g/mol. The van der Waals surface area contributed by atoms with Crippen LogP contribution >= 0.6 is 11.3 Å². The minimum absolute atomic E-state index is 0.0327. The van der Waals surface area contributed by atoms with E-state index in [0.29, 0.717) is 12.1 Å². The van der Waals surface area contributed by atoms with E-state index < -0.39 is 15.8 Å². The molecular formula is C22H23FN2O3S2. The number of likely N-dealkylation sites (N-methyl/N-ethyl adjacent to an activating group) is 1. The summed E-state index contributed by atoms with van der Waals surface area (Å²) in [5.41, 5.74) is 1.53. The van der Waals surface area contributed by atoms with Crippen molar-refractivity contribution < 1.29 is 17.6 Å². The summed E-state index contributed by atoms with van der Waals surface area (Å²) in [5, 5.41) is 1.93. The summed E-state index contributed by atoms with van der Waals surface area (Å²) < 4.78 is 40.9. The first-order valence-corrected chi connectivity index (χ1v) is 11.7. The van der Waals surface area contributed by atoms with Gasteiger partial charge in [0.1, 0.15) is 5.82 Å². The number of amides is 1. The standard InChI is InChI=1S/C22H23FN2O3S2/c1-17-5-11-21(12-6-17)30(27,28)25(14-18-7-9-19(23)10-8-18)16-22(26)24(2)15-20-4-3-13-29-20/h3-13H,14-16H2,1-2H3. The molecule has 0 aliphatic carbocycles. The van der Waals surface area contributed by atoms with Crippen LogP contribution < -0.4 is 0 Å². The highest BCUT2D eigenvalue weighted by Crippen LogP contribution is 2.20. The first kappa shape index (κ1) is 22.1. The van der Waals surface area contributed by atoms with E-state index >= 15 is 0 Å². The molecule has 8 heteroatoms. The lowest BCUT2D eigenvalue weighted by molar-refractivity contribution is -0.130. The van der Waals surface area contributed by atoms with Crippen LogP contribution in [0.3, 0.4) is 0 Å². The number of carbonyl (C=O) groups excluding carboxylic acids is 1. The molecule has 0 unspecified atom stereocenters. The Balaban J connectivity index is 1.85. The molecule has 0 aliphatic heterocycles. The summed E-state index contributed by atoms with van der Waals surface area (Å²) in [4.78, 5) is 15.5. The predicted molar refractivity (Wildman–Crippen MR) is 116 cm³/mol. The molecule has 0 spiro atoms. The van der Waals surface area contributed by atoms with Crippen molar-refractivity contribution in [3.63, 3.8) is 0 Å². The second-order valence-corrected chi connectivity index (χ2v) is 10.0. The summed E-state index contributed by atoms with van der Waals surface area (Å²) in [5.74, 6) is -0.723. The van der Waals surface area contributed by atoms with Crippen LogP contribution in [0.4, 0.5) is 4.39 Å². The van der Waals surface area contributed by atoms with E-state index in [9.17, 15) is 17.6 Å². The van der Waals surface area contributed by atoms with Gasteiger partial charge in [0.05, 0.1) is 18.0 Å². The highest BCUT2D eigenvalue weighted by atomic mass is 32.2. The highest BCUT2D eigenvalue weighted by molar-refractivity contribution is 7.89. The molecule has 0 radical (unpaired) electrons. The van der Waals surface area contributed by atoms with Crippen LogP contribution in [0.2, 0.25) is 0 Å². The molecule has 3 aromatic rings. The molecule has 0 saturated heterocycles. The van der Waals surface area contributed by atoms with Gasteiger partial charge in [0.25, 0.3) is 0 Å². The average Bonchev–Trinajstić information content (AvgIpc) is 3.22. The second-order valence-electron chi connectivity index (χ2n) is 7.04. The van der Waals surface area contributed by atoms with Gasteiger partial charge in [-0.25, -0.2) is 12.8 Å². The van der Waals surface area contributed by atoms with Gasteiger partial charge in [0.2, 0.25) is 15.9 Å². The number of hydrogen-bond acceptors (Lipinski definition) is 4. The number of benzene rings is 2.